The van der Waals surface area contributed by atoms with E-state index in [2.05, 4.69) is 10.6 Å². The van der Waals surface area contributed by atoms with Crippen molar-refractivity contribution in [1.82, 2.24) is 5.32 Å². The predicted molar refractivity (Wildman–Crippen MR) is 102 cm³/mol. The summed E-state index contributed by atoms with van der Waals surface area (Å²) in [7, 11) is 1.40. The molecule has 0 aliphatic heterocycles. The standard InChI is InChI=1S/C17H17ClN2O2S2/c1-22-16(21)14-12-3-2-4-13(12)24-15(14)20-17(23)19-9-10-5-7-11(18)8-6-10/h5-8H,2-4,9H2,1H3,(H2,19,20,23). The number of aryl methyl sites for hydroxylation is 1. The summed E-state index contributed by atoms with van der Waals surface area (Å²) in [6.45, 7) is 0.585. The van der Waals surface area contributed by atoms with E-state index in [1.54, 1.807) is 11.3 Å². The van der Waals surface area contributed by atoms with Crippen LogP contribution in [0.15, 0.2) is 24.3 Å². The van der Waals surface area contributed by atoms with Gasteiger partial charge < -0.3 is 15.4 Å². The smallest absolute Gasteiger partial charge is 0.341 e. The summed E-state index contributed by atoms with van der Waals surface area (Å²) in [5.74, 6) is -0.308. The average molecular weight is 381 g/mol. The number of thiocarbonyl (C=S) groups is 1. The van der Waals surface area contributed by atoms with E-state index >= 15 is 0 Å². The molecular formula is C17H17ClN2O2S2. The molecule has 0 atom stereocenters. The average Bonchev–Trinajstić information content (AvgIpc) is 3.14. The van der Waals surface area contributed by atoms with Gasteiger partial charge in [0, 0.05) is 16.4 Å². The predicted octanol–water partition coefficient (Wildman–Crippen LogP) is 4.16. The van der Waals surface area contributed by atoms with Crippen molar-refractivity contribution in [3.8, 4) is 0 Å². The van der Waals surface area contributed by atoms with Crippen molar-refractivity contribution in [2.45, 2.75) is 25.8 Å². The third kappa shape index (κ3) is 3.71. The van der Waals surface area contributed by atoms with E-state index < -0.39 is 0 Å². The van der Waals surface area contributed by atoms with Crippen molar-refractivity contribution >= 4 is 51.2 Å². The fraction of sp³-hybridized carbons (Fsp3) is 0.294. The van der Waals surface area contributed by atoms with E-state index in [1.165, 1.54) is 12.0 Å². The van der Waals surface area contributed by atoms with Gasteiger partial charge >= 0.3 is 5.97 Å². The van der Waals surface area contributed by atoms with Crippen LogP contribution in [-0.2, 0) is 24.1 Å². The highest BCUT2D eigenvalue weighted by Crippen LogP contribution is 2.39. The summed E-state index contributed by atoms with van der Waals surface area (Å²) in [4.78, 5) is 13.4. The van der Waals surface area contributed by atoms with Gasteiger partial charge in [-0.25, -0.2) is 4.79 Å². The minimum Gasteiger partial charge on any atom is -0.465 e. The van der Waals surface area contributed by atoms with Crippen LogP contribution in [-0.4, -0.2) is 18.2 Å². The number of benzene rings is 1. The highest BCUT2D eigenvalue weighted by molar-refractivity contribution is 7.80. The molecule has 1 aliphatic rings. The number of carbonyl (C=O) groups is 1. The molecule has 2 N–H and O–H groups in total. The summed E-state index contributed by atoms with van der Waals surface area (Å²) >= 11 is 12.8. The van der Waals surface area contributed by atoms with E-state index in [0.717, 1.165) is 35.4 Å². The molecule has 1 heterocycles. The second-order valence-electron chi connectivity index (χ2n) is 5.49. The molecule has 0 amide bonds. The third-order valence-corrected chi connectivity index (χ3v) is 5.61. The topological polar surface area (TPSA) is 50.4 Å². The zero-order valence-corrected chi connectivity index (χ0v) is 15.5. The number of hydrogen-bond acceptors (Lipinski definition) is 4. The van der Waals surface area contributed by atoms with Crippen molar-refractivity contribution in [2.24, 2.45) is 0 Å². The number of rotatable bonds is 4. The maximum atomic E-state index is 12.1. The molecule has 2 aromatic rings. The SMILES string of the molecule is COC(=O)c1c(NC(=S)NCc2ccc(Cl)cc2)sc2c1CCC2. The van der Waals surface area contributed by atoms with Gasteiger partial charge in [0.1, 0.15) is 5.00 Å². The lowest BCUT2D eigenvalue weighted by molar-refractivity contribution is 0.0601. The molecule has 1 aromatic carbocycles. The van der Waals surface area contributed by atoms with Crippen LogP contribution in [0.5, 0.6) is 0 Å². The van der Waals surface area contributed by atoms with Crippen molar-refractivity contribution in [3.63, 3.8) is 0 Å². The van der Waals surface area contributed by atoms with Gasteiger partial charge in [-0.2, -0.15) is 0 Å². The Morgan fingerprint density at radius 3 is 2.79 bits per heavy atom. The first kappa shape index (κ1) is 17.2. The minimum atomic E-state index is -0.308. The molecular weight excluding hydrogens is 364 g/mol. The summed E-state index contributed by atoms with van der Waals surface area (Å²) in [6, 6.07) is 7.57. The normalized spacial score (nSPS) is 12.6. The molecule has 0 fully saturated rings. The van der Waals surface area contributed by atoms with E-state index in [-0.39, 0.29) is 5.97 Å². The molecule has 126 valence electrons. The molecule has 7 heteroatoms. The maximum Gasteiger partial charge on any atom is 0.341 e. The summed E-state index contributed by atoms with van der Waals surface area (Å²) in [5, 5.41) is 8.25. The van der Waals surface area contributed by atoms with E-state index in [0.29, 0.717) is 22.2 Å². The Labute approximate surface area is 155 Å². The van der Waals surface area contributed by atoms with Gasteiger partial charge in [0.05, 0.1) is 12.7 Å². The minimum absolute atomic E-state index is 0.308. The Balaban J connectivity index is 1.68. The molecule has 0 spiro atoms. The van der Waals surface area contributed by atoms with E-state index in [4.69, 9.17) is 28.6 Å². The Hall–Kier alpha value is -1.63. The lowest BCUT2D eigenvalue weighted by Crippen LogP contribution is -2.28. The summed E-state index contributed by atoms with van der Waals surface area (Å²) in [5.41, 5.74) is 2.81. The first-order valence-corrected chi connectivity index (χ1v) is 9.21. The lowest BCUT2D eigenvalue weighted by Gasteiger charge is -2.11. The van der Waals surface area contributed by atoms with E-state index in [9.17, 15) is 4.79 Å². The van der Waals surface area contributed by atoms with Crippen molar-refractivity contribution < 1.29 is 9.53 Å². The molecule has 0 radical (unpaired) electrons. The van der Waals surface area contributed by atoms with Gasteiger partial charge in [-0.05, 0) is 54.7 Å². The molecule has 3 rings (SSSR count). The number of fused-ring (bicyclic) bond motifs is 1. The highest BCUT2D eigenvalue weighted by atomic mass is 35.5. The number of ether oxygens (including phenoxy) is 1. The van der Waals surface area contributed by atoms with Gasteiger partial charge in [0.15, 0.2) is 5.11 Å². The second-order valence-corrected chi connectivity index (χ2v) is 7.44. The van der Waals surface area contributed by atoms with Crippen LogP contribution in [0.1, 0.15) is 32.8 Å². The monoisotopic (exact) mass is 380 g/mol. The van der Waals surface area contributed by atoms with Crippen LogP contribution in [0.2, 0.25) is 5.02 Å². The first-order chi connectivity index (χ1) is 11.6. The fourth-order valence-corrected chi connectivity index (χ4v) is 4.39. The van der Waals surface area contributed by atoms with E-state index in [1.807, 2.05) is 24.3 Å². The van der Waals surface area contributed by atoms with Gasteiger partial charge in [0.25, 0.3) is 0 Å². The Kier molecular flexibility index (Phi) is 5.38. The first-order valence-electron chi connectivity index (χ1n) is 7.60. The van der Waals surface area contributed by atoms with Crippen LogP contribution in [0.25, 0.3) is 0 Å². The van der Waals surface area contributed by atoms with Crippen molar-refractivity contribution in [2.75, 3.05) is 12.4 Å². The highest BCUT2D eigenvalue weighted by Gasteiger charge is 2.27. The van der Waals surface area contributed by atoms with Crippen molar-refractivity contribution in [3.05, 3.63) is 50.9 Å². The molecule has 0 saturated heterocycles. The molecule has 0 saturated carbocycles. The summed E-state index contributed by atoms with van der Waals surface area (Å²) in [6.07, 6.45) is 3.02. The lowest BCUT2D eigenvalue weighted by atomic mass is 10.1. The Morgan fingerprint density at radius 1 is 1.33 bits per heavy atom. The number of anilines is 1. The number of carbonyl (C=O) groups excluding carboxylic acids is 1. The molecule has 1 aromatic heterocycles. The second kappa shape index (κ2) is 7.51. The number of esters is 1. The zero-order valence-electron chi connectivity index (χ0n) is 13.1. The van der Waals surface area contributed by atoms with Crippen LogP contribution in [0.4, 0.5) is 5.00 Å². The number of hydrogen-bond donors (Lipinski definition) is 2. The summed E-state index contributed by atoms with van der Waals surface area (Å²) < 4.78 is 4.93. The Morgan fingerprint density at radius 2 is 2.08 bits per heavy atom. The third-order valence-electron chi connectivity index (χ3n) is 3.90. The number of methoxy groups -OCH3 is 1. The molecule has 0 bridgehead atoms. The molecule has 4 nitrogen and oxygen atoms in total. The maximum absolute atomic E-state index is 12.1. The van der Waals surface area contributed by atoms with Crippen molar-refractivity contribution in [1.29, 1.82) is 0 Å². The van der Waals surface area contributed by atoms with Crippen LogP contribution in [0, 0.1) is 0 Å². The Bertz CT molecular complexity index is 772. The molecule has 24 heavy (non-hydrogen) atoms. The van der Waals surface area contributed by atoms with Gasteiger partial charge in [0.2, 0.25) is 0 Å². The number of thiophene rings is 1. The zero-order chi connectivity index (χ0) is 17.1. The number of nitrogens with one attached hydrogen (secondary N) is 2. The van der Waals surface area contributed by atoms with Crippen LogP contribution < -0.4 is 10.6 Å². The fourth-order valence-electron chi connectivity index (χ4n) is 2.74. The number of halogens is 1. The molecule has 1 aliphatic carbocycles. The van der Waals surface area contributed by atoms with Gasteiger partial charge in [-0.15, -0.1) is 11.3 Å². The largest absolute Gasteiger partial charge is 0.465 e. The van der Waals surface area contributed by atoms with Gasteiger partial charge in [-0.1, -0.05) is 23.7 Å². The molecule has 0 unspecified atom stereocenters. The van der Waals surface area contributed by atoms with Crippen LogP contribution >= 0.6 is 35.2 Å². The quantitative estimate of drug-likeness (QED) is 0.616. The van der Waals surface area contributed by atoms with Gasteiger partial charge in [-0.3, -0.25) is 0 Å². The van der Waals surface area contributed by atoms with Crippen LogP contribution in [0.3, 0.4) is 0 Å².